The van der Waals surface area contributed by atoms with Crippen LogP contribution >= 0.6 is 0 Å². The van der Waals surface area contributed by atoms with Crippen molar-refractivity contribution in [1.29, 1.82) is 0 Å². The molecule has 12 heteroatoms. The molecule has 0 aromatic carbocycles. The van der Waals surface area contributed by atoms with Crippen LogP contribution in [0.2, 0.25) is 0 Å². The summed E-state index contributed by atoms with van der Waals surface area (Å²) in [5.74, 6) is -14.1. The van der Waals surface area contributed by atoms with E-state index in [0.717, 1.165) is 0 Å². The van der Waals surface area contributed by atoms with E-state index in [1.54, 1.807) is 0 Å². The highest BCUT2D eigenvalue weighted by molar-refractivity contribution is 5.65. The third-order valence-electron chi connectivity index (χ3n) is 1.89. The zero-order valence-corrected chi connectivity index (χ0v) is 9.01. The minimum atomic E-state index is -6.69. The maximum Gasteiger partial charge on any atom is 0.460 e. The van der Waals surface area contributed by atoms with Gasteiger partial charge in [0.15, 0.2) is 6.61 Å². The molecule has 0 saturated heterocycles. The van der Waals surface area contributed by atoms with Gasteiger partial charge in [0.1, 0.15) is 0 Å². The van der Waals surface area contributed by atoms with E-state index in [0.29, 0.717) is 6.92 Å². The lowest BCUT2D eigenvalue weighted by atomic mass is 10.0. The van der Waals surface area contributed by atoms with E-state index in [9.17, 15) is 45.6 Å². The van der Waals surface area contributed by atoms with Crippen molar-refractivity contribution in [3.63, 3.8) is 0 Å². The number of nitrogens with zero attached hydrogens (tertiary/aromatic N) is 1. The quantitative estimate of drug-likeness (QED) is 0.337. The Balaban J connectivity index is 5.42. The zero-order valence-electron chi connectivity index (χ0n) is 9.01. The molecule has 0 radical (unpaired) electrons. The maximum atomic E-state index is 13.0. The number of esters is 1. The fraction of sp³-hybridized carbons (Fsp3) is 0.857. The highest BCUT2D eigenvalue weighted by Crippen LogP contribution is 2.48. The van der Waals surface area contributed by atoms with Gasteiger partial charge in [-0.1, -0.05) is 0 Å². The highest BCUT2D eigenvalue weighted by atomic mass is 19.4. The average Bonchev–Trinajstić information content (AvgIpc) is 2.13. The Labute approximate surface area is 100 Å². The number of ether oxygens (including phenoxy) is 1. The van der Waals surface area contributed by atoms with Crippen molar-refractivity contribution < 1.29 is 45.2 Å². The molecule has 0 aliphatic carbocycles. The van der Waals surface area contributed by atoms with Gasteiger partial charge >= 0.3 is 30.0 Å². The van der Waals surface area contributed by atoms with Crippen molar-refractivity contribution in [1.82, 2.24) is 0 Å². The molecule has 0 bridgehead atoms. The fourth-order valence-corrected chi connectivity index (χ4v) is 0.892. The first-order chi connectivity index (χ1) is 8.25. The molecule has 0 amide bonds. The molecule has 0 aliphatic rings. The van der Waals surface area contributed by atoms with Gasteiger partial charge in [-0.15, -0.1) is 0 Å². The van der Waals surface area contributed by atoms with Crippen molar-refractivity contribution >= 4 is 5.97 Å². The lowest BCUT2D eigenvalue weighted by Crippen LogP contribution is -2.61. The topological polar surface area (TPSA) is 69.4 Å². The largest absolute Gasteiger partial charge is 0.460 e. The molecule has 0 saturated carbocycles. The van der Waals surface area contributed by atoms with E-state index in [2.05, 4.69) is 4.74 Å². The molecule has 0 aromatic rings. The van der Waals surface area contributed by atoms with Crippen LogP contribution in [0.4, 0.5) is 30.7 Å². The van der Waals surface area contributed by atoms with Crippen LogP contribution in [0.15, 0.2) is 0 Å². The van der Waals surface area contributed by atoms with Crippen LogP contribution in [0.3, 0.4) is 0 Å². The van der Waals surface area contributed by atoms with Gasteiger partial charge in [-0.25, -0.2) is 0 Å². The summed E-state index contributed by atoms with van der Waals surface area (Å²) < 4.78 is 90.0. The van der Waals surface area contributed by atoms with Crippen LogP contribution < -0.4 is 0 Å². The van der Waals surface area contributed by atoms with Crippen LogP contribution in [0.25, 0.3) is 0 Å². The normalized spacial score (nSPS) is 14.9. The van der Waals surface area contributed by atoms with Gasteiger partial charge in [-0.05, 0) is 0 Å². The van der Waals surface area contributed by atoms with Gasteiger partial charge in [0.05, 0.1) is 0 Å². The molecule has 0 rings (SSSR count). The SMILES string of the molecule is CC(=O)OCC([N+](=O)[O-])C(F)(F)C(F)(F)C(F)(F)F. The number of carbonyl (C=O) groups excluding carboxylic acids is 1. The Morgan fingerprint density at radius 1 is 1.21 bits per heavy atom. The summed E-state index contributed by atoms with van der Waals surface area (Å²) in [6.07, 6.45) is -6.69. The Kier molecular flexibility index (Phi) is 4.73. The second-order valence-electron chi connectivity index (χ2n) is 3.30. The Hall–Kier alpha value is -1.62. The highest BCUT2D eigenvalue weighted by Gasteiger charge is 2.79. The van der Waals surface area contributed by atoms with Crippen molar-refractivity contribution in [2.75, 3.05) is 6.61 Å². The zero-order chi connectivity index (χ0) is 15.6. The molecule has 0 fully saturated rings. The number of alkyl halides is 7. The van der Waals surface area contributed by atoms with E-state index in [1.165, 1.54) is 0 Å². The molecule has 0 spiro atoms. The first-order valence-electron chi connectivity index (χ1n) is 4.34. The standard InChI is InChI=1S/C7H6F7NO4/c1-3(16)19-2-4(15(17)18)5(8,9)6(10,11)7(12,13)14/h4H,2H2,1H3. The number of hydrogen-bond acceptors (Lipinski definition) is 4. The second kappa shape index (κ2) is 5.17. The van der Waals surface area contributed by atoms with Gasteiger partial charge in [-0.3, -0.25) is 14.9 Å². The van der Waals surface area contributed by atoms with Gasteiger partial charge in [-0.2, -0.15) is 30.7 Å². The molecule has 112 valence electrons. The molecule has 0 N–H and O–H groups in total. The van der Waals surface area contributed by atoms with Gasteiger partial charge in [0, 0.05) is 11.8 Å². The van der Waals surface area contributed by atoms with Crippen LogP contribution in [0.5, 0.6) is 0 Å². The van der Waals surface area contributed by atoms with Crippen molar-refractivity contribution in [3.05, 3.63) is 10.1 Å². The van der Waals surface area contributed by atoms with Crippen LogP contribution in [0.1, 0.15) is 6.92 Å². The molecule has 5 nitrogen and oxygen atoms in total. The molecule has 0 aromatic heterocycles. The van der Waals surface area contributed by atoms with Gasteiger partial charge < -0.3 is 4.74 Å². The van der Waals surface area contributed by atoms with Crippen LogP contribution in [0, 0.1) is 10.1 Å². The molecule has 0 heterocycles. The third kappa shape index (κ3) is 3.44. The number of hydrogen-bond donors (Lipinski definition) is 0. The average molecular weight is 301 g/mol. The number of nitro groups is 1. The molecule has 1 atom stereocenters. The summed E-state index contributed by atoms with van der Waals surface area (Å²) in [4.78, 5) is 18.3. The van der Waals surface area contributed by atoms with Gasteiger partial charge in [0.2, 0.25) is 0 Å². The summed E-state index contributed by atoms with van der Waals surface area (Å²) in [6.45, 7) is -1.31. The summed E-state index contributed by atoms with van der Waals surface area (Å²) in [5, 5.41) is 10.2. The minimum Gasteiger partial charge on any atom is -0.458 e. The summed E-state index contributed by atoms with van der Waals surface area (Å²) in [6, 6.07) is -3.73. The van der Waals surface area contributed by atoms with E-state index in [1.807, 2.05) is 0 Å². The number of carbonyl (C=O) groups is 1. The van der Waals surface area contributed by atoms with E-state index in [-0.39, 0.29) is 0 Å². The minimum absolute atomic E-state index is 0.608. The van der Waals surface area contributed by atoms with Crippen LogP contribution in [-0.2, 0) is 9.53 Å². The molecule has 0 aliphatic heterocycles. The van der Waals surface area contributed by atoms with E-state index >= 15 is 0 Å². The van der Waals surface area contributed by atoms with Crippen molar-refractivity contribution in [3.8, 4) is 0 Å². The number of rotatable bonds is 5. The first-order valence-corrected chi connectivity index (χ1v) is 4.34. The van der Waals surface area contributed by atoms with E-state index < -0.39 is 41.6 Å². The predicted octanol–water partition coefficient (Wildman–Crippen LogP) is 2.03. The Morgan fingerprint density at radius 3 is 1.89 bits per heavy atom. The smallest absolute Gasteiger partial charge is 0.458 e. The van der Waals surface area contributed by atoms with Gasteiger partial charge in [0.25, 0.3) is 0 Å². The van der Waals surface area contributed by atoms with Crippen LogP contribution in [-0.4, -0.2) is 41.6 Å². The summed E-state index contributed by atoms with van der Waals surface area (Å²) >= 11 is 0. The second-order valence-corrected chi connectivity index (χ2v) is 3.30. The third-order valence-corrected chi connectivity index (χ3v) is 1.89. The predicted molar refractivity (Wildman–Crippen MR) is 43.4 cm³/mol. The molecule has 19 heavy (non-hydrogen) atoms. The fourth-order valence-electron chi connectivity index (χ4n) is 0.892. The lowest BCUT2D eigenvalue weighted by molar-refractivity contribution is -0.571. The number of halogens is 7. The van der Waals surface area contributed by atoms with Crippen molar-refractivity contribution in [2.24, 2.45) is 0 Å². The summed E-state index contributed by atoms with van der Waals surface area (Å²) in [5.41, 5.74) is 0. The summed E-state index contributed by atoms with van der Waals surface area (Å²) in [7, 11) is 0. The molecule has 1 unspecified atom stereocenters. The molecular weight excluding hydrogens is 295 g/mol. The molecular formula is C7H6F7NO4. The van der Waals surface area contributed by atoms with E-state index in [4.69, 9.17) is 0 Å². The lowest BCUT2D eigenvalue weighted by Gasteiger charge is -2.29. The van der Waals surface area contributed by atoms with Crippen molar-refractivity contribution in [2.45, 2.75) is 31.0 Å². The maximum absolute atomic E-state index is 13.0. The Morgan fingerprint density at radius 2 is 1.63 bits per heavy atom. The monoisotopic (exact) mass is 301 g/mol. The first kappa shape index (κ1) is 17.4. The Bertz CT molecular complexity index is 367.